The number of esters is 1. The lowest BCUT2D eigenvalue weighted by molar-refractivity contribution is -0.152. The van der Waals surface area contributed by atoms with Crippen molar-refractivity contribution in [1.29, 1.82) is 0 Å². The normalized spacial score (nSPS) is 24.7. The van der Waals surface area contributed by atoms with Crippen LogP contribution in [-0.4, -0.2) is 18.6 Å². The number of nitrogens with two attached hydrogens (primary N) is 1. The molecule has 1 unspecified atom stereocenters. The summed E-state index contributed by atoms with van der Waals surface area (Å²) in [6.07, 6.45) is 4.35. The molecule has 19 heavy (non-hydrogen) atoms. The Morgan fingerprint density at radius 3 is 2.47 bits per heavy atom. The summed E-state index contributed by atoms with van der Waals surface area (Å²) in [7, 11) is 0. The van der Waals surface area contributed by atoms with E-state index in [9.17, 15) is 4.79 Å². The molecule has 1 aliphatic rings. The van der Waals surface area contributed by atoms with Gasteiger partial charge in [-0.3, -0.25) is 4.79 Å². The van der Waals surface area contributed by atoms with E-state index in [1.165, 1.54) is 0 Å². The standard InChI is InChI=1S/C16H23NO2/c1-12-7-9-14(10-8-12)19-16(18)15(11-17)13-5-3-2-4-6-13/h2-6,12,14-15H,7-11,17H2,1H3. The van der Waals surface area contributed by atoms with Gasteiger partial charge in [0.15, 0.2) is 0 Å². The molecule has 0 spiro atoms. The van der Waals surface area contributed by atoms with E-state index < -0.39 is 0 Å². The van der Waals surface area contributed by atoms with Crippen LogP contribution in [-0.2, 0) is 9.53 Å². The monoisotopic (exact) mass is 261 g/mol. The minimum atomic E-state index is -0.333. The van der Waals surface area contributed by atoms with E-state index in [4.69, 9.17) is 10.5 Å². The molecule has 1 aromatic carbocycles. The van der Waals surface area contributed by atoms with Crippen LogP contribution in [0.1, 0.15) is 44.1 Å². The summed E-state index contributed by atoms with van der Waals surface area (Å²) in [5, 5.41) is 0. The van der Waals surface area contributed by atoms with Crippen LogP contribution in [0.4, 0.5) is 0 Å². The molecule has 0 heterocycles. The minimum absolute atomic E-state index is 0.0847. The highest BCUT2D eigenvalue weighted by Gasteiger charge is 2.26. The van der Waals surface area contributed by atoms with E-state index in [0.717, 1.165) is 37.2 Å². The number of ether oxygens (including phenoxy) is 1. The maximum absolute atomic E-state index is 12.2. The minimum Gasteiger partial charge on any atom is -0.462 e. The zero-order chi connectivity index (χ0) is 13.7. The Morgan fingerprint density at radius 1 is 1.26 bits per heavy atom. The van der Waals surface area contributed by atoms with Gasteiger partial charge >= 0.3 is 5.97 Å². The van der Waals surface area contributed by atoms with E-state index in [0.29, 0.717) is 6.54 Å². The second-order valence-corrected chi connectivity index (χ2v) is 5.52. The van der Waals surface area contributed by atoms with E-state index in [2.05, 4.69) is 6.92 Å². The maximum Gasteiger partial charge on any atom is 0.314 e. The average Bonchev–Trinajstić information content (AvgIpc) is 2.43. The maximum atomic E-state index is 12.2. The number of carbonyl (C=O) groups is 1. The summed E-state index contributed by atoms with van der Waals surface area (Å²) in [6, 6.07) is 9.65. The first-order valence-electron chi connectivity index (χ1n) is 7.16. The molecule has 1 atom stereocenters. The van der Waals surface area contributed by atoms with Crippen molar-refractivity contribution in [1.82, 2.24) is 0 Å². The van der Waals surface area contributed by atoms with Gasteiger partial charge in [-0.05, 0) is 37.2 Å². The predicted octanol–water partition coefficient (Wildman–Crippen LogP) is 2.85. The molecule has 1 aromatic rings. The highest BCUT2D eigenvalue weighted by Crippen LogP contribution is 2.27. The average molecular weight is 261 g/mol. The predicted molar refractivity (Wildman–Crippen MR) is 75.7 cm³/mol. The molecule has 1 aliphatic carbocycles. The van der Waals surface area contributed by atoms with Gasteiger partial charge in [-0.15, -0.1) is 0 Å². The van der Waals surface area contributed by atoms with Crippen molar-refractivity contribution in [3.05, 3.63) is 35.9 Å². The van der Waals surface area contributed by atoms with Gasteiger partial charge in [0.25, 0.3) is 0 Å². The summed E-state index contributed by atoms with van der Waals surface area (Å²) in [5.74, 6) is 0.253. The first kappa shape index (κ1) is 14.1. The van der Waals surface area contributed by atoms with Gasteiger partial charge < -0.3 is 10.5 Å². The molecular formula is C16H23NO2. The molecule has 2 rings (SSSR count). The fourth-order valence-electron chi connectivity index (χ4n) is 2.65. The van der Waals surface area contributed by atoms with Crippen molar-refractivity contribution in [2.75, 3.05) is 6.54 Å². The summed E-state index contributed by atoms with van der Waals surface area (Å²) >= 11 is 0. The second-order valence-electron chi connectivity index (χ2n) is 5.52. The Labute approximate surface area is 115 Å². The topological polar surface area (TPSA) is 52.3 Å². The summed E-state index contributed by atoms with van der Waals surface area (Å²) < 4.78 is 5.63. The van der Waals surface area contributed by atoms with Gasteiger partial charge in [-0.25, -0.2) is 0 Å². The van der Waals surface area contributed by atoms with E-state index in [-0.39, 0.29) is 18.0 Å². The van der Waals surface area contributed by atoms with Crippen molar-refractivity contribution in [3.8, 4) is 0 Å². The number of rotatable bonds is 4. The molecule has 0 radical (unpaired) electrons. The quantitative estimate of drug-likeness (QED) is 0.848. The fraction of sp³-hybridized carbons (Fsp3) is 0.562. The van der Waals surface area contributed by atoms with Crippen LogP contribution in [0.15, 0.2) is 30.3 Å². The van der Waals surface area contributed by atoms with Crippen LogP contribution in [0.3, 0.4) is 0 Å². The molecule has 0 saturated heterocycles. The van der Waals surface area contributed by atoms with Crippen LogP contribution in [0, 0.1) is 5.92 Å². The molecule has 3 heteroatoms. The van der Waals surface area contributed by atoms with Crippen LogP contribution in [0.2, 0.25) is 0 Å². The van der Waals surface area contributed by atoms with Gasteiger partial charge in [0, 0.05) is 6.54 Å². The third kappa shape index (κ3) is 3.80. The Balaban J connectivity index is 1.94. The van der Waals surface area contributed by atoms with Crippen molar-refractivity contribution < 1.29 is 9.53 Å². The Kier molecular flexibility index (Phi) is 4.97. The lowest BCUT2D eigenvalue weighted by atomic mass is 9.89. The Bertz CT molecular complexity index is 396. The zero-order valence-corrected chi connectivity index (χ0v) is 11.5. The van der Waals surface area contributed by atoms with Crippen molar-refractivity contribution in [2.24, 2.45) is 11.7 Å². The van der Waals surface area contributed by atoms with E-state index >= 15 is 0 Å². The fourth-order valence-corrected chi connectivity index (χ4v) is 2.65. The zero-order valence-electron chi connectivity index (χ0n) is 11.5. The summed E-state index contributed by atoms with van der Waals surface area (Å²) in [5.41, 5.74) is 6.68. The van der Waals surface area contributed by atoms with Crippen LogP contribution in [0.25, 0.3) is 0 Å². The molecule has 0 aliphatic heterocycles. The van der Waals surface area contributed by atoms with Gasteiger partial charge in [-0.1, -0.05) is 37.3 Å². The molecule has 0 amide bonds. The van der Waals surface area contributed by atoms with Gasteiger partial charge in [-0.2, -0.15) is 0 Å². The molecule has 3 nitrogen and oxygen atoms in total. The highest BCUT2D eigenvalue weighted by atomic mass is 16.5. The number of carbonyl (C=O) groups excluding carboxylic acids is 1. The molecule has 1 fully saturated rings. The second kappa shape index (κ2) is 6.71. The molecule has 0 bridgehead atoms. The summed E-state index contributed by atoms with van der Waals surface area (Å²) in [6.45, 7) is 2.55. The Morgan fingerprint density at radius 2 is 1.89 bits per heavy atom. The number of hydrogen-bond donors (Lipinski definition) is 1. The molecule has 0 aromatic heterocycles. The first-order valence-corrected chi connectivity index (χ1v) is 7.16. The van der Waals surface area contributed by atoms with Gasteiger partial charge in [0.05, 0.1) is 5.92 Å². The van der Waals surface area contributed by atoms with Crippen molar-refractivity contribution in [3.63, 3.8) is 0 Å². The van der Waals surface area contributed by atoms with E-state index in [1.54, 1.807) is 0 Å². The number of hydrogen-bond acceptors (Lipinski definition) is 3. The smallest absolute Gasteiger partial charge is 0.314 e. The molecule has 1 saturated carbocycles. The van der Waals surface area contributed by atoms with Crippen molar-refractivity contribution >= 4 is 5.97 Å². The van der Waals surface area contributed by atoms with E-state index in [1.807, 2.05) is 30.3 Å². The van der Waals surface area contributed by atoms with Crippen LogP contribution in [0.5, 0.6) is 0 Å². The molecular weight excluding hydrogens is 238 g/mol. The molecule has 2 N–H and O–H groups in total. The lowest BCUT2D eigenvalue weighted by Crippen LogP contribution is -2.29. The van der Waals surface area contributed by atoms with Crippen LogP contribution < -0.4 is 5.73 Å². The summed E-state index contributed by atoms with van der Waals surface area (Å²) in [4.78, 5) is 12.2. The SMILES string of the molecule is CC1CCC(OC(=O)C(CN)c2ccccc2)CC1. The van der Waals surface area contributed by atoms with Crippen LogP contribution >= 0.6 is 0 Å². The third-order valence-electron chi connectivity index (χ3n) is 3.97. The molecule has 104 valence electrons. The largest absolute Gasteiger partial charge is 0.462 e. The van der Waals surface area contributed by atoms with Crippen molar-refractivity contribution in [2.45, 2.75) is 44.6 Å². The van der Waals surface area contributed by atoms with Gasteiger partial charge in [0.1, 0.15) is 6.10 Å². The van der Waals surface area contributed by atoms with Gasteiger partial charge in [0.2, 0.25) is 0 Å². The number of benzene rings is 1. The first-order chi connectivity index (χ1) is 9.20. The lowest BCUT2D eigenvalue weighted by Gasteiger charge is -2.27. The Hall–Kier alpha value is -1.35. The highest BCUT2D eigenvalue weighted by molar-refractivity contribution is 5.78. The third-order valence-corrected chi connectivity index (χ3v) is 3.97.